The molecular weight excluding hydrogens is 286 g/mol. The molecule has 3 N–H and O–H groups in total. The van der Waals surface area contributed by atoms with Gasteiger partial charge in [0.15, 0.2) is 0 Å². The lowest BCUT2D eigenvalue weighted by molar-refractivity contribution is 0.453. The number of nitrogens with one attached hydrogen (secondary N) is 1. The Balaban J connectivity index is 2.25. The number of sulfonamides is 1. The minimum absolute atomic E-state index is 0.0379. The first-order chi connectivity index (χ1) is 9.85. The van der Waals surface area contributed by atoms with Crippen LogP contribution >= 0.6 is 0 Å². The fourth-order valence-corrected chi connectivity index (χ4v) is 4.34. The molecule has 1 saturated carbocycles. The van der Waals surface area contributed by atoms with Gasteiger partial charge in [-0.05, 0) is 49.9 Å². The Morgan fingerprint density at radius 2 is 2.05 bits per heavy atom. The molecule has 5 nitrogen and oxygen atoms in total. The van der Waals surface area contributed by atoms with Gasteiger partial charge in [0.25, 0.3) is 0 Å². The molecule has 6 heteroatoms. The third-order valence-electron chi connectivity index (χ3n) is 4.24. The molecule has 1 aromatic rings. The van der Waals surface area contributed by atoms with Crippen LogP contribution in [0.25, 0.3) is 0 Å². The normalized spacial score (nSPS) is 22.5. The van der Waals surface area contributed by atoms with E-state index in [2.05, 4.69) is 4.72 Å². The molecule has 2 unspecified atom stereocenters. The molecule has 21 heavy (non-hydrogen) atoms. The molecule has 0 aromatic heterocycles. The zero-order valence-electron chi connectivity index (χ0n) is 13.0. The summed E-state index contributed by atoms with van der Waals surface area (Å²) in [6.07, 6.45) is 2.90. The third-order valence-corrected chi connectivity index (χ3v) is 5.73. The van der Waals surface area contributed by atoms with Crippen molar-refractivity contribution in [2.45, 2.75) is 37.1 Å². The van der Waals surface area contributed by atoms with Gasteiger partial charge in [-0.3, -0.25) is 0 Å². The van der Waals surface area contributed by atoms with E-state index < -0.39 is 10.0 Å². The Hall–Kier alpha value is -1.11. The number of anilines is 1. The number of rotatable bonds is 5. The van der Waals surface area contributed by atoms with Gasteiger partial charge < -0.3 is 10.6 Å². The van der Waals surface area contributed by atoms with Crippen LogP contribution in [-0.4, -0.2) is 35.1 Å². The SMILES string of the molecule is Cc1ccc(S(=O)(=O)NC2CCCC2CN)cc1N(C)C. The molecule has 118 valence electrons. The molecule has 0 heterocycles. The smallest absolute Gasteiger partial charge is 0.240 e. The van der Waals surface area contributed by atoms with Gasteiger partial charge in [0.1, 0.15) is 0 Å². The van der Waals surface area contributed by atoms with Crippen LogP contribution in [0.1, 0.15) is 24.8 Å². The highest BCUT2D eigenvalue weighted by Crippen LogP contribution is 2.27. The molecule has 0 amide bonds. The molecule has 0 aliphatic heterocycles. The number of benzene rings is 1. The Labute approximate surface area is 127 Å². The summed E-state index contributed by atoms with van der Waals surface area (Å²) in [6.45, 7) is 2.50. The summed E-state index contributed by atoms with van der Waals surface area (Å²) < 4.78 is 28.0. The minimum atomic E-state index is -3.49. The molecule has 2 atom stereocenters. The summed E-state index contributed by atoms with van der Waals surface area (Å²) in [5, 5.41) is 0. The molecule has 0 saturated heterocycles. The van der Waals surface area contributed by atoms with E-state index >= 15 is 0 Å². The largest absolute Gasteiger partial charge is 0.377 e. The zero-order valence-corrected chi connectivity index (χ0v) is 13.8. The molecule has 1 fully saturated rings. The summed E-state index contributed by atoms with van der Waals surface area (Å²) >= 11 is 0. The quantitative estimate of drug-likeness (QED) is 0.863. The van der Waals surface area contributed by atoms with Crippen molar-refractivity contribution in [1.82, 2.24) is 4.72 Å². The van der Waals surface area contributed by atoms with Gasteiger partial charge >= 0.3 is 0 Å². The van der Waals surface area contributed by atoms with E-state index in [1.54, 1.807) is 12.1 Å². The van der Waals surface area contributed by atoms with E-state index in [9.17, 15) is 8.42 Å². The van der Waals surface area contributed by atoms with Crippen LogP contribution in [0.4, 0.5) is 5.69 Å². The molecule has 1 aliphatic rings. The van der Waals surface area contributed by atoms with Crippen LogP contribution in [0.3, 0.4) is 0 Å². The first-order valence-corrected chi connectivity index (χ1v) is 8.84. The minimum Gasteiger partial charge on any atom is -0.377 e. The van der Waals surface area contributed by atoms with Gasteiger partial charge in [-0.1, -0.05) is 12.5 Å². The first kappa shape index (κ1) is 16.3. The van der Waals surface area contributed by atoms with Crippen LogP contribution in [0.15, 0.2) is 23.1 Å². The van der Waals surface area contributed by atoms with E-state index in [-0.39, 0.29) is 12.0 Å². The highest BCUT2D eigenvalue weighted by molar-refractivity contribution is 7.89. The van der Waals surface area contributed by atoms with Crippen molar-refractivity contribution < 1.29 is 8.42 Å². The van der Waals surface area contributed by atoms with Crippen LogP contribution in [-0.2, 0) is 10.0 Å². The highest BCUT2D eigenvalue weighted by Gasteiger charge is 2.30. The summed E-state index contributed by atoms with van der Waals surface area (Å²) in [7, 11) is 0.329. The first-order valence-electron chi connectivity index (χ1n) is 7.35. The second-order valence-corrected chi connectivity index (χ2v) is 7.71. The van der Waals surface area contributed by atoms with Gasteiger partial charge in [-0.15, -0.1) is 0 Å². The summed E-state index contributed by atoms with van der Waals surface area (Å²) in [6, 6.07) is 5.20. The number of hydrogen-bond acceptors (Lipinski definition) is 4. The molecule has 1 aromatic carbocycles. The fraction of sp³-hybridized carbons (Fsp3) is 0.600. The molecule has 0 radical (unpaired) electrons. The van der Waals surface area contributed by atoms with Gasteiger partial charge in [-0.2, -0.15) is 0 Å². The van der Waals surface area contributed by atoms with Gasteiger partial charge in [-0.25, -0.2) is 13.1 Å². The van der Waals surface area contributed by atoms with Gasteiger partial charge in [0.2, 0.25) is 10.0 Å². The predicted molar refractivity (Wildman–Crippen MR) is 86.0 cm³/mol. The number of aryl methyl sites for hydroxylation is 1. The molecule has 0 bridgehead atoms. The number of nitrogens with zero attached hydrogens (tertiary/aromatic N) is 1. The maximum atomic E-state index is 12.6. The van der Waals surface area contributed by atoms with Crippen LogP contribution < -0.4 is 15.4 Å². The average molecular weight is 311 g/mol. The van der Waals surface area contributed by atoms with Gasteiger partial charge in [0.05, 0.1) is 4.90 Å². The summed E-state index contributed by atoms with van der Waals surface area (Å²) in [5.41, 5.74) is 7.70. The number of hydrogen-bond donors (Lipinski definition) is 2. The maximum Gasteiger partial charge on any atom is 0.240 e. The predicted octanol–water partition coefficient (Wildman–Crippen LogP) is 1.47. The Morgan fingerprint density at radius 1 is 1.33 bits per heavy atom. The zero-order chi connectivity index (χ0) is 15.6. The lowest BCUT2D eigenvalue weighted by Crippen LogP contribution is -2.39. The molecular formula is C15H25N3O2S. The van der Waals surface area contributed by atoms with Crippen molar-refractivity contribution in [3.8, 4) is 0 Å². The maximum absolute atomic E-state index is 12.6. The van der Waals surface area contributed by atoms with Crippen molar-refractivity contribution in [2.24, 2.45) is 11.7 Å². The van der Waals surface area contributed by atoms with E-state index in [0.29, 0.717) is 11.4 Å². The topological polar surface area (TPSA) is 75.4 Å². The highest BCUT2D eigenvalue weighted by atomic mass is 32.2. The van der Waals surface area contributed by atoms with Crippen LogP contribution in [0.5, 0.6) is 0 Å². The van der Waals surface area contributed by atoms with E-state index in [1.807, 2.05) is 32.0 Å². The Kier molecular flexibility index (Phi) is 4.91. The van der Waals surface area contributed by atoms with Crippen molar-refractivity contribution in [3.63, 3.8) is 0 Å². The standard InChI is InChI=1S/C15H25N3O2S/c1-11-7-8-13(9-15(11)18(2)3)21(19,20)17-14-6-4-5-12(14)10-16/h7-9,12,14,17H,4-6,10,16H2,1-3H3. The fourth-order valence-electron chi connectivity index (χ4n) is 2.98. The van der Waals surface area contributed by atoms with Crippen molar-refractivity contribution in [1.29, 1.82) is 0 Å². The average Bonchev–Trinajstić information content (AvgIpc) is 2.85. The second kappa shape index (κ2) is 6.34. The van der Waals surface area contributed by atoms with Crippen molar-refractivity contribution in [3.05, 3.63) is 23.8 Å². The Bertz CT molecular complexity index is 599. The molecule has 1 aliphatic carbocycles. The third kappa shape index (κ3) is 3.56. The van der Waals surface area contributed by atoms with Crippen LogP contribution in [0.2, 0.25) is 0 Å². The van der Waals surface area contributed by atoms with Gasteiger partial charge in [0, 0.05) is 25.8 Å². The monoisotopic (exact) mass is 311 g/mol. The van der Waals surface area contributed by atoms with Crippen LogP contribution in [0, 0.1) is 12.8 Å². The van der Waals surface area contributed by atoms with Crippen molar-refractivity contribution >= 4 is 15.7 Å². The van der Waals surface area contributed by atoms with E-state index in [0.717, 1.165) is 30.5 Å². The van der Waals surface area contributed by atoms with E-state index in [4.69, 9.17) is 5.73 Å². The van der Waals surface area contributed by atoms with Crippen molar-refractivity contribution in [2.75, 3.05) is 25.5 Å². The lowest BCUT2D eigenvalue weighted by Gasteiger charge is -2.21. The lowest BCUT2D eigenvalue weighted by atomic mass is 10.1. The summed E-state index contributed by atoms with van der Waals surface area (Å²) in [4.78, 5) is 2.24. The molecule has 2 rings (SSSR count). The van der Waals surface area contributed by atoms with E-state index in [1.165, 1.54) is 0 Å². The summed E-state index contributed by atoms with van der Waals surface area (Å²) in [5.74, 6) is 0.249. The second-order valence-electron chi connectivity index (χ2n) is 6.00. The number of nitrogens with two attached hydrogens (primary N) is 1. The Morgan fingerprint density at radius 3 is 2.67 bits per heavy atom. The molecule has 0 spiro atoms.